The molecule has 126 valence electrons. The molecular weight excluding hydrogens is 291 g/mol. The van der Waals surface area contributed by atoms with Crippen molar-refractivity contribution in [1.82, 2.24) is 10.2 Å². The summed E-state index contributed by atoms with van der Waals surface area (Å²) in [5, 5.41) is 3.11. The molecule has 23 heavy (non-hydrogen) atoms. The van der Waals surface area contributed by atoms with E-state index in [1.807, 2.05) is 6.07 Å². The third-order valence-electron chi connectivity index (χ3n) is 5.41. The van der Waals surface area contributed by atoms with Crippen LogP contribution in [0.2, 0.25) is 0 Å². The Morgan fingerprint density at radius 3 is 2.78 bits per heavy atom. The standard InChI is InChI=1S/C19H27FN2O/c1-14(2)22-11-5-6-15(13-22)12-21-18(23)19(9-10-19)16-7-3-4-8-17(16)20/h3-4,7-8,14-15H,5-6,9-13H2,1-2H3,(H,21,23). The maximum atomic E-state index is 14.0. The lowest BCUT2D eigenvalue weighted by Gasteiger charge is -2.35. The van der Waals surface area contributed by atoms with Gasteiger partial charge in [0.15, 0.2) is 0 Å². The number of nitrogens with zero attached hydrogens (tertiary/aromatic N) is 1. The Morgan fingerprint density at radius 1 is 1.39 bits per heavy atom. The smallest absolute Gasteiger partial charge is 0.230 e. The average molecular weight is 318 g/mol. The molecule has 1 aliphatic heterocycles. The van der Waals surface area contributed by atoms with Crippen LogP contribution in [0.25, 0.3) is 0 Å². The zero-order valence-corrected chi connectivity index (χ0v) is 14.1. The van der Waals surface area contributed by atoms with Gasteiger partial charge in [0.05, 0.1) is 5.41 Å². The van der Waals surface area contributed by atoms with Crippen molar-refractivity contribution < 1.29 is 9.18 Å². The van der Waals surface area contributed by atoms with Gasteiger partial charge in [-0.05, 0) is 58.1 Å². The molecule has 0 spiro atoms. The lowest BCUT2D eigenvalue weighted by atomic mass is 9.93. The predicted molar refractivity (Wildman–Crippen MR) is 89.8 cm³/mol. The highest BCUT2D eigenvalue weighted by Crippen LogP contribution is 2.49. The van der Waals surface area contributed by atoms with E-state index in [0.29, 0.717) is 24.1 Å². The molecule has 0 bridgehead atoms. The zero-order chi connectivity index (χ0) is 16.4. The first-order chi connectivity index (χ1) is 11.0. The van der Waals surface area contributed by atoms with E-state index < -0.39 is 5.41 Å². The molecule has 4 heteroatoms. The molecule has 1 aromatic rings. The van der Waals surface area contributed by atoms with E-state index in [-0.39, 0.29) is 11.7 Å². The SMILES string of the molecule is CC(C)N1CCCC(CNC(=O)C2(c3ccccc3F)CC2)C1. The van der Waals surface area contributed by atoms with Gasteiger partial charge in [-0.2, -0.15) is 0 Å². The second-order valence-corrected chi connectivity index (χ2v) is 7.37. The maximum Gasteiger partial charge on any atom is 0.230 e. The van der Waals surface area contributed by atoms with Crippen molar-refractivity contribution in [3.8, 4) is 0 Å². The van der Waals surface area contributed by atoms with Crippen molar-refractivity contribution in [3.05, 3.63) is 35.6 Å². The van der Waals surface area contributed by atoms with Gasteiger partial charge in [0.1, 0.15) is 5.82 Å². The molecule has 3 nitrogen and oxygen atoms in total. The second-order valence-electron chi connectivity index (χ2n) is 7.37. The first-order valence-corrected chi connectivity index (χ1v) is 8.80. The Balaban J connectivity index is 1.59. The van der Waals surface area contributed by atoms with Gasteiger partial charge in [-0.3, -0.25) is 4.79 Å². The molecule has 1 N–H and O–H groups in total. The van der Waals surface area contributed by atoms with Gasteiger partial charge in [-0.25, -0.2) is 4.39 Å². The molecule has 2 aliphatic rings. The van der Waals surface area contributed by atoms with Crippen LogP contribution in [0.15, 0.2) is 24.3 Å². The number of hydrogen-bond acceptors (Lipinski definition) is 2. The van der Waals surface area contributed by atoms with Gasteiger partial charge in [0, 0.05) is 24.7 Å². The zero-order valence-electron chi connectivity index (χ0n) is 14.1. The third kappa shape index (κ3) is 3.42. The average Bonchev–Trinajstić information content (AvgIpc) is 3.35. The topological polar surface area (TPSA) is 32.3 Å². The second kappa shape index (κ2) is 6.60. The van der Waals surface area contributed by atoms with E-state index in [2.05, 4.69) is 24.1 Å². The summed E-state index contributed by atoms with van der Waals surface area (Å²) in [6.45, 7) is 7.35. The van der Waals surface area contributed by atoms with E-state index in [1.54, 1.807) is 12.1 Å². The molecule has 3 rings (SSSR count). The number of likely N-dealkylation sites (tertiary alicyclic amines) is 1. The number of carbonyl (C=O) groups is 1. The minimum absolute atomic E-state index is 0.00395. The summed E-state index contributed by atoms with van der Waals surface area (Å²) >= 11 is 0. The Labute approximate surface area is 138 Å². The molecule has 1 unspecified atom stereocenters. The normalized spacial score (nSPS) is 23.7. The lowest BCUT2D eigenvalue weighted by molar-refractivity contribution is -0.123. The van der Waals surface area contributed by atoms with Crippen molar-refractivity contribution in [2.75, 3.05) is 19.6 Å². The third-order valence-corrected chi connectivity index (χ3v) is 5.41. The number of hydrogen-bond donors (Lipinski definition) is 1. The van der Waals surface area contributed by atoms with Crippen LogP contribution in [0.5, 0.6) is 0 Å². The molecule has 1 saturated heterocycles. The van der Waals surface area contributed by atoms with Gasteiger partial charge in [0.25, 0.3) is 0 Å². The maximum absolute atomic E-state index is 14.0. The quantitative estimate of drug-likeness (QED) is 0.905. The molecular formula is C19H27FN2O. The monoisotopic (exact) mass is 318 g/mol. The van der Waals surface area contributed by atoms with E-state index in [0.717, 1.165) is 32.4 Å². The first-order valence-electron chi connectivity index (χ1n) is 8.80. The van der Waals surface area contributed by atoms with E-state index in [1.165, 1.54) is 12.5 Å². The summed E-state index contributed by atoms with van der Waals surface area (Å²) in [5.41, 5.74) is -0.0532. The van der Waals surface area contributed by atoms with Crippen LogP contribution in [-0.4, -0.2) is 36.5 Å². The number of halogens is 1. The number of piperidine rings is 1. The summed E-state index contributed by atoms with van der Waals surface area (Å²) in [6.07, 6.45) is 3.86. The Hall–Kier alpha value is -1.42. The molecule has 0 aromatic heterocycles. The Bertz CT molecular complexity index is 568. The van der Waals surface area contributed by atoms with E-state index in [9.17, 15) is 9.18 Å². The summed E-state index contributed by atoms with van der Waals surface area (Å²) in [6, 6.07) is 7.25. The van der Waals surface area contributed by atoms with Crippen LogP contribution >= 0.6 is 0 Å². The van der Waals surface area contributed by atoms with Gasteiger partial charge < -0.3 is 10.2 Å². The van der Waals surface area contributed by atoms with Crippen LogP contribution in [-0.2, 0) is 10.2 Å². The van der Waals surface area contributed by atoms with Crippen molar-refractivity contribution in [2.24, 2.45) is 5.92 Å². The van der Waals surface area contributed by atoms with Gasteiger partial charge >= 0.3 is 0 Å². The Kier molecular flexibility index (Phi) is 4.72. The van der Waals surface area contributed by atoms with Crippen LogP contribution in [0, 0.1) is 11.7 Å². The molecule has 1 aromatic carbocycles. The van der Waals surface area contributed by atoms with Crippen molar-refractivity contribution in [2.45, 2.75) is 51.0 Å². The number of carbonyl (C=O) groups excluding carboxylic acids is 1. The van der Waals surface area contributed by atoms with Crippen LogP contribution in [0.3, 0.4) is 0 Å². The Morgan fingerprint density at radius 2 is 2.13 bits per heavy atom. The largest absolute Gasteiger partial charge is 0.355 e. The molecule has 1 heterocycles. The summed E-state index contributed by atoms with van der Waals surface area (Å²) in [4.78, 5) is 15.1. The first kappa shape index (κ1) is 16.4. The van der Waals surface area contributed by atoms with Gasteiger partial charge in [0.2, 0.25) is 5.91 Å². The number of benzene rings is 1. The van der Waals surface area contributed by atoms with Crippen LogP contribution in [0.4, 0.5) is 4.39 Å². The van der Waals surface area contributed by atoms with Gasteiger partial charge in [-0.15, -0.1) is 0 Å². The molecule has 1 amide bonds. The fourth-order valence-corrected chi connectivity index (χ4v) is 3.73. The molecule has 0 radical (unpaired) electrons. The summed E-state index contributed by atoms with van der Waals surface area (Å²) in [5.74, 6) is 0.250. The summed E-state index contributed by atoms with van der Waals surface area (Å²) in [7, 11) is 0. The minimum atomic E-state index is -0.613. The van der Waals surface area contributed by atoms with Crippen molar-refractivity contribution in [1.29, 1.82) is 0 Å². The number of nitrogens with one attached hydrogen (secondary N) is 1. The highest BCUT2D eigenvalue weighted by Gasteiger charge is 2.52. The summed E-state index contributed by atoms with van der Waals surface area (Å²) < 4.78 is 14.0. The van der Waals surface area contributed by atoms with Crippen LogP contribution in [0.1, 0.15) is 45.1 Å². The highest BCUT2D eigenvalue weighted by atomic mass is 19.1. The molecule has 1 atom stereocenters. The number of rotatable bonds is 5. The molecule has 2 fully saturated rings. The molecule has 1 saturated carbocycles. The van der Waals surface area contributed by atoms with E-state index >= 15 is 0 Å². The minimum Gasteiger partial charge on any atom is -0.355 e. The molecule has 1 aliphatic carbocycles. The predicted octanol–water partition coefficient (Wildman–Crippen LogP) is 3.09. The van der Waals surface area contributed by atoms with E-state index in [4.69, 9.17) is 0 Å². The fourth-order valence-electron chi connectivity index (χ4n) is 3.73. The fraction of sp³-hybridized carbons (Fsp3) is 0.632. The van der Waals surface area contributed by atoms with Crippen LogP contribution < -0.4 is 5.32 Å². The van der Waals surface area contributed by atoms with Gasteiger partial charge in [-0.1, -0.05) is 18.2 Å². The van der Waals surface area contributed by atoms with Crippen molar-refractivity contribution in [3.63, 3.8) is 0 Å². The lowest BCUT2D eigenvalue weighted by Crippen LogP contribution is -2.45. The highest BCUT2D eigenvalue weighted by molar-refractivity contribution is 5.91. The number of amides is 1. The van der Waals surface area contributed by atoms with Crippen molar-refractivity contribution >= 4 is 5.91 Å².